The zero-order chi connectivity index (χ0) is 26.3. The Balaban J connectivity index is 1.72. The number of carbonyl (C=O) groups is 1. The number of carbonyl (C=O) groups excluding carboxylic acids is 1. The van der Waals surface area contributed by atoms with Crippen LogP contribution < -0.4 is 33.8 Å². The highest BCUT2D eigenvalue weighted by molar-refractivity contribution is 7.07. The lowest BCUT2D eigenvalue weighted by Crippen LogP contribution is -2.40. The van der Waals surface area contributed by atoms with Crippen molar-refractivity contribution in [2.24, 2.45) is 4.99 Å². The van der Waals surface area contributed by atoms with E-state index in [9.17, 15) is 9.59 Å². The molecule has 2 aliphatic rings. The normalized spacial score (nSPS) is 16.4. The molecule has 0 unspecified atom stereocenters. The van der Waals surface area contributed by atoms with Gasteiger partial charge in [0.25, 0.3) is 5.56 Å². The summed E-state index contributed by atoms with van der Waals surface area (Å²) in [5.74, 6) is 1.81. The molecular formula is C27H26N2O7S. The highest BCUT2D eigenvalue weighted by Gasteiger charge is 2.34. The van der Waals surface area contributed by atoms with E-state index >= 15 is 0 Å². The highest BCUT2D eigenvalue weighted by Crippen LogP contribution is 2.37. The Kier molecular flexibility index (Phi) is 6.51. The van der Waals surface area contributed by atoms with Gasteiger partial charge in [0.1, 0.15) is 0 Å². The van der Waals surface area contributed by atoms with Gasteiger partial charge in [0, 0.05) is 0 Å². The van der Waals surface area contributed by atoms with Crippen molar-refractivity contribution >= 4 is 23.4 Å². The Hall–Kier alpha value is -4.05. The fourth-order valence-electron chi connectivity index (χ4n) is 4.49. The molecule has 192 valence electrons. The predicted octanol–water partition coefficient (Wildman–Crippen LogP) is 2.85. The largest absolute Gasteiger partial charge is 0.493 e. The lowest BCUT2D eigenvalue weighted by molar-refractivity contribution is -0.139. The van der Waals surface area contributed by atoms with Gasteiger partial charge in [-0.25, -0.2) is 9.79 Å². The van der Waals surface area contributed by atoms with Crippen LogP contribution in [0.3, 0.4) is 0 Å². The molecule has 5 rings (SSSR count). The molecule has 9 nitrogen and oxygen atoms in total. The van der Waals surface area contributed by atoms with Crippen molar-refractivity contribution in [3.8, 4) is 23.0 Å². The van der Waals surface area contributed by atoms with E-state index in [1.165, 1.54) is 18.4 Å². The maximum Gasteiger partial charge on any atom is 0.338 e. The van der Waals surface area contributed by atoms with Crippen molar-refractivity contribution in [2.75, 3.05) is 27.6 Å². The first-order valence-electron chi connectivity index (χ1n) is 11.7. The number of aromatic nitrogens is 1. The molecule has 0 fully saturated rings. The minimum atomic E-state index is -0.755. The second kappa shape index (κ2) is 9.78. The molecule has 0 amide bonds. The highest BCUT2D eigenvalue weighted by atomic mass is 32.1. The summed E-state index contributed by atoms with van der Waals surface area (Å²) in [7, 11) is 3.08. The quantitative estimate of drug-likeness (QED) is 0.459. The molecule has 10 heteroatoms. The standard InChI is InChI=1S/C27H26N2O7S/c1-6-34-26(31)23-15(3)28-27-29(24(23)16-7-8-18(32-4)19(10-16)33-5)25(30)22(37-27)12-17-11-21-20(9-14(17)2)35-13-36-21/h7-12,24H,6,13H2,1-5H3/b22-12-/t24-/m1/s1. The first-order valence-corrected chi connectivity index (χ1v) is 12.5. The second-order valence-electron chi connectivity index (χ2n) is 8.48. The predicted molar refractivity (Wildman–Crippen MR) is 137 cm³/mol. The van der Waals surface area contributed by atoms with E-state index < -0.39 is 12.0 Å². The molecule has 0 bridgehead atoms. The molecule has 37 heavy (non-hydrogen) atoms. The lowest BCUT2D eigenvalue weighted by atomic mass is 9.95. The summed E-state index contributed by atoms with van der Waals surface area (Å²) in [6, 6.07) is 8.31. The third-order valence-corrected chi connectivity index (χ3v) is 7.27. The SMILES string of the molecule is CCOC(=O)C1=C(C)N=c2s/c(=C\c3cc4c(cc3C)OCO4)c(=O)n2[C@@H]1c1ccc(OC)c(OC)c1. The number of rotatable bonds is 6. The third kappa shape index (κ3) is 4.27. The molecule has 3 aromatic rings. The number of aryl methyl sites for hydroxylation is 1. The van der Waals surface area contributed by atoms with Crippen molar-refractivity contribution in [3.05, 3.63) is 78.0 Å². The summed E-state index contributed by atoms with van der Waals surface area (Å²) in [4.78, 5) is 32.1. The summed E-state index contributed by atoms with van der Waals surface area (Å²) >= 11 is 1.26. The monoisotopic (exact) mass is 522 g/mol. The molecule has 2 aromatic carbocycles. The Morgan fingerprint density at radius 2 is 1.86 bits per heavy atom. The van der Waals surface area contributed by atoms with Gasteiger partial charge < -0.3 is 23.7 Å². The second-order valence-corrected chi connectivity index (χ2v) is 9.49. The van der Waals surface area contributed by atoms with Gasteiger partial charge in [0.2, 0.25) is 6.79 Å². The molecule has 1 aromatic heterocycles. The Morgan fingerprint density at radius 3 is 2.57 bits per heavy atom. The van der Waals surface area contributed by atoms with E-state index in [4.69, 9.17) is 23.7 Å². The van der Waals surface area contributed by atoms with Gasteiger partial charge in [-0.2, -0.15) is 0 Å². The summed E-state index contributed by atoms with van der Waals surface area (Å²) in [6.07, 6.45) is 1.82. The number of benzene rings is 2. The number of fused-ring (bicyclic) bond motifs is 2. The van der Waals surface area contributed by atoms with Crippen LogP contribution in [0.4, 0.5) is 0 Å². The van der Waals surface area contributed by atoms with Crippen LogP contribution in [0, 0.1) is 6.92 Å². The van der Waals surface area contributed by atoms with Gasteiger partial charge in [0.05, 0.1) is 42.7 Å². The minimum Gasteiger partial charge on any atom is -0.493 e. The van der Waals surface area contributed by atoms with E-state index in [0.29, 0.717) is 49.2 Å². The topological polar surface area (TPSA) is 97.6 Å². The number of nitrogens with zero attached hydrogens (tertiary/aromatic N) is 2. The van der Waals surface area contributed by atoms with Crippen molar-refractivity contribution < 1.29 is 28.5 Å². The lowest BCUT2D eigenvalue weighted by Gasteiger charge is -2.25. The number of methoxy groups -OCH3 is 2. The van der Waals surface area contributed by atoms with Crippen LogP contribution in [0.2, 0.25) is 0 Å². The molecule has 0 saturated carbocycles. The molecule has 0 saturated heterocycles. The molecule has 2 aliphatic heterocycles. The van der Waals surface area contributed by atoms with Crippen LogP contribution in [-0.4, -0.2) is 38.2 Å². The first kappa shape index (κ1) is 24.6. The van der Waals surface area contributed by atoms with Crippen LogP contribution in [0.15, 0.2) is 51.4 Å². The van der Waals surface area contributed by atoms with E-state index in [2.05, 4.69) is 4.99 Å². The molecule has 3 heterocycles. The van der Waals surface area contributed by atoms with E-state index in [-0.39, 0.29) is 19.0 Å². The zero-order valence-electron chi connectivity index (χ0n) is 21.1. The van der Waals surface area contributed by atoms with Crippen LogP contribution in [0.1, 0.15) is 36.6 Å². The van der Waals surface area contributed by atoms with Crippen LogP contribution in [0.25, 0.3) is 6.08 Å². The number of esters is 1. The number of ether oxygens (including phenoxy) is 5. The Labute approximate surface area is 216 Å². The van der Waals surface area contributed by atoms with Gasteiger partial charge in [-0.05, 0) is 67.8 Å². The number of thiazole rings is 1. The van der Waals surface area contributed by atoms with E-state index in [0.717, 1.165) is 11.1 Å². The summed E-state index contributed by atoms with van der Waals surface area (Å²) < 4.78 is 29.2. The number of allylic oxidation sites excluding steroid dienone is 1. The Morgan fingerprint density at radius 1 is 1.14 bits per heavy atom. The van der Waals surface area contributed by atoms with E-state index in [1.807, 2.05) is 31.2 Å². The molecule has 0 N–H and O–H groups in total. The first-order chi connectivity index (χ1) is 17.9. The molecular weight excluding hydrogens is 496 g/mol. The van der Waals surface area contributed by atoms with Gasteiger partial charge in [-0.3, -0.25) is 9.36 Å². The maximum absolute atomic E-state index is 13.9. The van der Waals surface area contributed by atoms with Crippen molar-refractivity contribution in [3.63, 3.8) is 0 Å². The van der Waals surface area contributed by atoms with Crippen molar-refractivity contribution in [2.45, 2.75) is 26.8 Å². The van der Waals surface area contributed by atoms with Gasteiger partial charge in [-0.15, -0.1) is 0 Å². The van der Waals surface area contributed by atoms with E-state index in [1.54, 1.807) is 37.7 Å². The number of hydrogen-bond donors (Lipinski definition) is 0. The molecule has 0 spiro atoms. The summed E-state index contributed by atoms with van der Waals surface area (Å²) in [6.45, 7) is 5.80. The third-order valence-electron chi connectivity index (χ3n) is 6.29. The van der Waals surface area contributed by atoms with Crippen LogP contribution in [-0.2, 0) is 9.53 Å². The van der Waals surface area contributed by atoms with Crippen LogP contribution >= 0.6 is 11.3 Å². The average molecular weight is 523 g/mol. The summed E-state index contributed by atoms with van der Waals surface area (Å²) in [5, 5.41) is 0. The van der Waals surface area contributed by atoms with Crippen LogP contribution in [0.5, 0.6) is 23.0 Å². The van der Waals surface area contributed by atoms with Crippen molar-refractivity contribution in [1.29, 1.82) is 0 Å². The number of hydrogen-bond acceptors (Lipinski definition) is 9. The summed E-state index contributed by atoms with van der Waals surface area (Å²) in [5.41, 5.74) is 2.96. The van der Waals surface area contributed by atoms with Gasteiger partial charge in [-0.1, -0.05) is 17.4 Å². The minimum absolute atomic E-state index is 0.168. The maximum atomic E-state index is 13.9. The average Bonchev–Trinajstić information content (AvgIpc) is 3.46. The van der Waals surface area contributed by atoms with Crippen molar-refractivity contribution in [1.82, 2.24) is 4.57 Å². The molecule has 1 atom stereocenters. The molecule has 0 aliphatic carbocycles. The zero-order valence-corrected chi connectivity index (χ0v) is 21.9. The Bertz CT molecular complexity index is 1620. The van der Waals surface area contributed by atoms with Gasteiger partial charge >= 0.3 is 5.97 Å². The molecule has 0 radical (unpaired) electrons. The smallest absolute Gasteiger partial charge is 0.338 e. The fourth-order valence-corrected chi connectivity index (χ4v) is 5.52. The van der Waals surface area contributed by atoms with Gasteiger partial charge in [0.15, 0.2) is 27.8 Å². The fraction of sp³-hybridized carbons (Fsp3) is 0.296.